The SMILES string of the molecule is CCNC(=O)Nc1ccc(N(C)C)c(CN(C(=O)Nc2cccc(F)c2)[C@@H](C)CC)c1. The zero-order valence-electron chi connectivity index (χ0n) is 18.8. The second-order valence-corrected chi connectivity index (χ2v) is 7.55. The Bertz CT molecular complexity index is 903. The van der Waals surface area contributed by atoms with Crippen LogP contribution in [0.4, 0.5) is 31.0 Å². The fourth-order valence-electron chi connectivity index (χ4n) is 3.16. The van der Waals surface area contributed by atoms with Crippen LogP contribution >= 0.6 is 0 Å². The van der Waals surface area contributed by atoms with E-state index in [0.29, 0.717) is 24.5 Å². The van der Waals surface area contributed by atoms with E-state index in [-0.39, 0.29) is 18.1 Å². The zero-order valence-corrected chi connectivity index (χ0v) is 18.8. The van der Waals surface area contributed by atoms with Crippen LogP contribution in [-0.2, 0) is 6.54 Å². The van der Waals surface area contributed by atoms with Gasteiger partial charge in [0, 0.05) is 50.3 Å². The summed E-state index contributed by atoms with van der Waals surface area (Å²) in [7, 11) is 3.85. The minimum Gasteiger partial charge on any atom is -0.377 e. The summed E-state index contributed by atoms with van der Waals surface area (Å²) in [5.41, 5.74) is 2.86. The Morgan fingerprint density at radius 1 is 1.03 bits per heavy atom. The number of hydrogen-bond donors (Lipinski definition) is 3. The predicted octanol–water partition coefficient (Wildman–Crippen LogP) is 4.87. The van der Waals surface area contributed by atoms with Crippen molar-refractivity contribution in [2.45, 2.75) is 39.8 Å². The molecule has 2 aromatic carbocycles. The smallest absolute Gasteiger partial charge is 0.322 e. The van der Waals surface area contributed by atoms with Gasteiger partial charge in [-0.3, -0.25) is 0 Å². The van der Waals surface area contributed by atoms with Crippen LogP contribution in [0.1, 0.15) is 32.8 Å². The van der Waals surface area contributed by atoms with E-state index in [0.717, 1.165) is 17.7 Å². The van der Waals surface area contributed by atoms with E-state index in [4.69, 9.17) is 0 Å². The summed E-state index contributed by atoms with van der Waals surface area (Å²) >= 11 is 0. The molecule has 7 nitrogen and oxygen atoms in total. The first kappa shape index (κ1) is 24.0. The van der Waals surface area contributed by atoms with Gasteiger partial charge in [0.2, 0.25) is 0 Å². The highest BCUT2D eigenvalue weighted by Crippen LogP contribution is 2.26. The van der Waals surface area contributed by atoms with Gasteiger partial charge >= 0.3 is 12.1 Å². The minimum atomic E-state index is -0.410. The monoisotopic (exact) mass is 429 g/mol. The second kappa shape index (κ2) is 11.2. The molecule has 168 valence electrons. The predicted molar refractivity (Wildman–Crippen MR) is 124 cm³/mol. The van der Waals surface area contributed by atoms with E-state index in [9.17, 15) is 14.0 Å². The molecule has 3 N–H and O–H groups in total. The van der Waals surface area contributed by atoms with Gasteiger partial charge in [-0.05, 0) is 62.2 Å². The van der Waals surface area contributed by atoms with Crippen LogP contribution in [0, 0.1) is 5.82 Å². The van der Waals surface area contributed by atoms with Crippen molar-refractivity contribution in [1.29, 1.82) is 0 Å². The van der Waals surface area contributed by atoms with Crippen LogP contribution in [0.2, 0.25) is 0 Å². The lowest BCUT2D eigenvalue weighted by Crippen LogP contribution is -2.41. The number of benzene rings is 2. The van der Waals surface area contributed by atoms with Crippen molar-refractivity contribution in [3.8, 4) is 0 Å². The maximum atomic E-state index is 13.5. The van der Waals surface area contributed by atoms with Gasteiger partial charge in [-0.2, -0.15) is 0 Å². The summed E-state index contributed by atoms with van der Waals surface area (Å²) in [6, 6.07) is 10.8. The average molecular weight is 430 g/mol. The first-order chi connectivity index (χ1) is 14.7. The van der Waals surface area contributed by atoms with Crippen LogP contribution < -0.4 is 20.9 Å². The molecule has 8 heteroatoms. The van der Waals surface area contributed by atoms with Crippen molar-refractivity contribution in [3.05, 3.63) is 53.8 Å². The topological polar surface area (TPSA) is 76.7 Å². The molecule has 0 radical (unpaired) electrons. The Morgan fingerprint density at radius 2 is 1.74 bits per heavy atom. The number of amides is 4. The van der Waals surface area contributed by atoms with Gasteiger partial charge in [-0.25, -0.2) is 14.0 Å². The number of hydrogen-bond acceptors (Lipinski definition) is 3. The van der Waals surface area contributed by atoms with Crippen molar-refractivity contribution < 1.29 is 14.0 Å². The third-order valence-corrected chi connectivity index (χ3v) is 4.96. The summed E-state index contributed by atoms with van der Waals surface area (Å²) in [5.74, 6) is -0.410. The number of carbonyl (C=O) groups excluding carboxylic acids is 2. The first-order valence-corrected chi connectivity index (χ1v) is 10.4. The van der Waals surface area contributed by atoms with Gasteiger partial charge in [0.05, 0.1) is 0 Å². The van der Waals surface area contributed by atoms with E-state index >= 15 is 0 Å². The van der Waals surface area contributed by atoms with Crippen LogP contribution in [0.25, 0.3) is 0 Å². The van der Waals surface area contributed by atoms with Crippen molar-refractivity contribution in [1.82, 2.24) is 10.2 Å². The molecule has 0 aliphatic rings. The summed E-state index contributed by atoms with van der Waals surface area (Å²) in [6.07, 6.45) is 0.755. The molecule has 2 rings (SSSR count). The molecule has 0 bridgehead atoms. The maximum Gasteiger partial charge on any atom is 0.322 e. The Hall–Kier alpha value is -3.29. The number of anilines is 3. The molecule has 1 atom stereocenters. The molecule has 4 amide bonds. The van der Waals surface area contributed by atoms with Gasteiger partial charge in [-0.15, -0.1) is 0 Å². The van der Waals surface area contributed by atoms with Crippen molar-refractivity contribution in [2.24, 2.45) is 0 Å². The van der Waals surface area contributed by atoms with E-state index in [1.54, 1.807) is 17.0 Å². The molecule has 2 aromatic rings. The number of halogens is 1. The molecular weight excluding hydrogens is 397 g/mol. The van der Waals surface area contributed by atoms with Crippen molar-refractivity contribution >= 4 is 29.1 Å². The Kier molecular flexibility index (Phi) is 8.66. The number of urea groups is 2. The van der Waals surface area contributed by atoms with Crippen molar-refractivity contribution in [2.75, 3.05) is 36.2 Å². The van der Waals surface area contributed by atoms with Gasteiger partial charge < -0.3 is 25.8 Å². The Balaban J connectivity index is 2.31. The third-order valence-electron chi connectivity index (χ3n) is 4.96. The molecule has 31 heavy (non-hydrogen) atoms. The van der Waals surface area contributed by atoms with Gasteiger partial charge in [-0.1, -0.05) is 13.0 Å². The fraction of sp³-hybridized carbons (Fsp3) is 0.391. The van der Waals surface area contributed by atoms with E-state index in [2.05, 4.69) is 16.0 Å². The quantitative estimate of drug-likeness (QED) is 0.561. The molecule has 0 aliphatic heterocycles. The Labute approximate surface area is 183 Å². The first-order valence-electron chi connectivity index (χ1n) is 10.4. The van der Waals surface area contributed by atoms with Gasteiger partial charge in [0.15, 0.2) is 0 Å². The highest BCUT2D eigenvalue weighted by atomic mass is 19.1. The number of carbonyl (C=O) groups is 2. The summed E-state index contributed by atoms with van der Waals surface area (Å²) < 4.78 is 13.5. The average Bonchev–Trinajstić information content (AvgIpc) is 2.71. The third kappa shape index (κ3) is 6.87. The van der Waals surface area contributed by atoms with Crippen LogP contribution in [0.15, 0.2) is 42.5 Å². The lowest BCUT2D eigenvalue weighted by Gasteiger charge is -2.31. The molecule has 0 aliphatic carbocycles. The number of rotatable bonds is 8. The number of nitrogens with zero attached hydrogens (tertiary/aromatic N) is 2. The lowest BCUT2D eigenvalue weighted by atomic mass is 10.1. The minimum absolute atomic E-state index is 0.0522. The molecule has 0 saturated carbocycles. The highest BCUT2D eigenvalue weighted by molar-refractivity contribution is 5.90. The molecule has 0 saturated heterocycles. The van der Waals surface area contributed by atoms with Gasteiger partial charge in [0.1, 0.15) is 5.82 Å². The van der Waals surface area contributed by atoms with Crippen molar-refractivity contribution in [3.63, 3.8) is 0 Å². The largest absolute Gasteiger partial charge is 0.377 e. The second-order valence-electron chi connectivity index (χ2n) is 7.55. The molecule has 0 unspecified atom stereocenters. The van der Waals surface area contributed by atoms with Gasteiger partial charge in [0.25, 0.3) is 0 Å². The van der Waals surface area contributed by atoms with Crippen LogP contribution in [0.5, 0.6) is 0 Å². The molecule has 0 spiro atoms. The Morgan fingerprint density at radius 3 is 2.35 bits per heavy atom. The molecule has 0 fully saturated rings. The zero-order chi connectivity index (χ0) is 23.0. The summed E-state index contributed by atoms with van der Waals surface area (Å²) in [5, 5.41) is 8.30. The standard InChI is InChI=1S/C23H32FN5O2/c1-6-16(3)29(23(31)27-19-10-8-9-18(24)14-19)15-17-13-20(26-22(30)25-7-2)11-12-21(17)28(4)5/h8-14,16H,6-7,15H2,1-5H3,(H,27,31)(H2,25,26,30)/t16-/m0/s1. The lowest BCUT2D eigenvalue weighted by molar-refractivity contribution is 0.187. The highest BCUT2D eigenvalue weighted by Gasteiger charge is 2.22. The van der Waals surface area contributed by atoms with Crippen LogP contribution in [0.3, 0.4) is 0 Å². The van der Waals surface area contributed by atoms with E-state index < -0.39 is 5.82 Å². The molecule has 0 heterocycles. The summed E-state index contributed by atoms with van der Waals surface area (Å²) in [6.45, 7) is 6.68. The molecule has 0 aromatic heterocycles. The van der Waals surface area contributed by atoms with E-state index in [1.807, 2.05) is 58.0 Å². The summed E-state index contributed by atoms with van der Waals surface area (Å²) in [4.78, 5) is 28.7. The molecular formula is C23H32FN5O2. The van der Waals surface area contributed by atoms with Crippen LogP contribution in [-0.4, -0.2) is 43.6 Å². The normalized spacial score (nSPS) is 11.4. The maximum absolute atomic E-state index is 13.5. The van der Waals surface area contributed by atoms with E-state index in [1.165, 1.54) is 12.1 Å². The number of nitrogens with one attached hydrogen (secondary N) is 3. The fourth-order valence-corrected chi connectivity index (χ4v) is 3.16.